The van der Waals surface area contributed by atoms with Gasteiger partial charge in [-0.15, -0.1) is 0 Å². The van der Waals surface area contributed by atoms with Crippen molar-refractivity contribution in [2.24, 2.45) is 0 Å². The summed E-state index contributed by atoms with van der Waals surface area (Å²) in [5, 5.41) is 4.85. The molecule has 0 N–H and O–H groups in total. The zero-order valence-electron chi connectivity index (χ0n) is 22.3. The number of carbonyl (C=O) groups excluding carboxylic acids is 1. The van der Waals surface area contributed by atoms with E-state index in [1.807, 2.05) is 4.68 Å². The molecule has 1 saturated heterocycles. The highest BCUT2D eigenvalue weighted by Gasteiger charge is 2.39. The van der Waals surface area contributed by atoms with E-state index in [-0.39, 0.29) is 18.3 Å². The van der Waals surface area contributed by atoms with Crippen LogP contribution in [0.1, 0.15) is 48.2 Å². The molecule has 2 aliphatic heterocycles. The molecule has 214 valence electrons. The van der Waals surface area contributed by atoms with Crippen LogP contribution in [0.25, 0.3) is 5.69 Å². The van der Waals surface area contributed by atoms with E-state index >= 15 is 0 Å². The predicted molar refractivity (Wildman–Crippen MR) is 146 cm³/mol. The highest BCUT2D eigenvalue weighted by molar-refractivity contribution is 9.10. The van der Waals surface area contributed by atoms with Crippen molar-refractivity contribution < 1.29 is 32.2 Å². The van der Waals surface area contributed by atoms with Crippen LogP contribution in [-0.2, 0) is 28.9 Å². The fraction of sp³-hybridized carbons (Fsp3) is 0.448. The Labute approximate surface area is 239 Å². The highest BCUT2D eigenvalue weighted by Crippen LogP contribution is 2.38. The number of rotatable bonds is 8. The van der Waals surface area contributed by atoms with Gasteiger partial charge in [-0.2, -0.15) is 5.10 Å². The SMILES string of the molecule is COc1ccc(COCC(OC(=O)N2CCC(c3nn4c(c3Br)CCc3cc(F)ccc3-4)CC2)C(C)(F)F)cc1. The second-order valence-corrected chi connectivity index (χ2v) is 11.1. The van der Waals surface area contributed by atoms with Crippen molar-refractivity contribution in [1.29, 1.82) is 0 Å². The molecule has 1 aromatic heterocycles. The van der Waals surface area contributed by atoms with Crippen LogP contribution in [0.5, 0.6) is 5.75 Å². The topological polar surface area (TPSA) is 65.8 Å². The van der Waals surface area contributed by atoms with Crippen molar-refractivity contribution >= 4 is 22.0 Å². The molecule has 2 aromatic carbocycles. The van der Waals surface area contributed by atoms with Crippen LogP contribution in [-0.4, -0.2) is 59.6 Å². The Hall–Kier alpha value is -3.05. The number of fused-ring (bicyclic) bond motifs is 3. The van der Waals surface area contributed by atoms with Crippen molar-refractivity contribution in [3.63, 3.8) is 0 Å². The number of alkyl halides is 2. The standard InChI is InChI=1S/C29H31BrF3N3O4/c1-29(32,33)25(17-39-16-18-3-7-22(38-2)8-4-18)40-28(37)35-13-11-19(12-14-35)27-26(30)24-9-5-20-15-21(31)6-10-23(20)36(24)34-27/h3-4,6-8,10,15,19,25H,5,9,11-14,16-17H2,1-2H3. The monoisotopic (exact) mass is 621 g/mol. The molecule has 3 aromatic rings. The van der Waals surface area contributed by atoms with Crippen LogP contribution in [0.15, 0.2) is 46.9 Å². The molecule has 2 aliphatic rings. The highest BCUT2D eigenvalue weighted by atomic mass is 79.9. The first-order valence-corrected chi connectivity index (χ1v) is 14.0. The van der Waals surface area contributed by atoms with Crippen molar-refractivity contribution in [1.82, 2.24) is 14.7 Å². The smallest absolute Gasteiger partial charge is 0.410 e. The van der Waals surface area contributed by atoms with Gasteiger partial charge in [0.15, 0.2) is 6.10 Å². The maximum absolute atomic E-state index is 14.3. The molecule has 1 atom stereocenters. The number of ether oxygens (including phenoxy) is 3. The van der Waals surface area contributed by atoms with Crippen molar-refractivity contribution in [3.8, 4) is 11.4 Å². The van der Waals surface area contributed by atoms with Crippen molar-refractivity contribution in [3.05, 3.63) is 75.3 Å². The van der Waals surface area contributed by atoms with E-state index in [0.29, 0.717) is 31.7 Å². The molecule has 1 amide bonds. The molecule has 0 radical (unpaired) electrons. The summed E-state index contributed by atoms with van der Waals surface area (Å²) in [6.07, 6.45) is 0.201. The predicted octanol–water partition coefficient (Wildman–Crippen LogP) is 6.44. The Bertz CT molecular complexity index is 1350. The molecular weight excluding hydrogens is 591 g/mol. The third kappa shape index (κ3) is 6.15. The molecule has 11 heteroatoms. The van der Waals surface area contributed by atoms with E-state index < -0.39 is 24.7 Å². The molecule has 3 heterocycles. The lowest BCUT2D eigenvalue weighted by Gasteiger charge is -2.33. The Balaban J connectivity index is 1.17. The van der Waals surface area contributed by atoms with Gasteiger partial charge in [0.05, 0.1) is 41.9 Å². The molecule has 1 unspecified atom stereocenters. The second-order valence-electron chi connectivity index (χ2n) is 10.3. The van der Waals surface area contributed by atoms with E-state index in [9.17, 15) is 18.0 Å². The van der Waals surface area contributed by atoms with Crippen LogP contribution in [0.4, 0.5) is 18.0 Å². The van der Waals surface area contributed by atoms with Crippen LogP contribution in [0.3, 0.4) is 0 Å². The molecule has 0 aliphatic carbocycles. The lowest BCUT2D eigenvalue weighted by atomic mass is 9.93. The Kier molecular flexibility index (Phi) is 8.42. The summed E-state index contributed by atoms with van der Waals surface area (Å²) in [6.45, 7) is 1.10. The zero-order chi connectivity index (χ0) is 28.4. The number of aryl methyl sites for hydroxylation is 1. The van der Waals surface area contributed by atoms with Gasteiger partial charge in [-0.05, 0) is 83.1 Å². The Morgan fingerprint density at radius 2 is 1.88 bits per heavy atom. The summed E-state index contributed by atoms with van der Waals surface area (Å²) in [5.74, 6) is -2.77. The van der Waals surface area contributed by atoms with E-state index in [1.54, 1.807) is 43.5 Å². The van der Waals surface area contributed by atoms with Crippen LogP contribution in [0.2, 0.25) is 0 Å². The first-order valence-electron chi connectivity index (χ1n) is 13.2. The number of nitrogens with zero attached hydrogens (tertiary/aromatic N) is 3. The molecule has 0 saturated carbocycles. The second kappa shape index (κ2) is 11.8. The van der Waals surface area contributed by atoms with Gasteiger partial charge >= 0.3 is 6.09 Å². The first-order chi connectivity index (χ1) is 19.1. The molecular formula is C29H31BrF3N3O4. The maximum Gasteiger partial charge on any atom is 0.410 e. The summed E-state index contributed by atoms with van der Waals surface area (Å²) < 4.78 is 60.9. The largest absolute Gasteiger partial charge is 0.497 e. The van der Waals surface area contributed by atoms with E-state index in [1.165, 1.54) is 11.0 Å². The summed E-state index contributed by atoms with van der Waals surface area (Å²) in [4.78, 5) is 14.3. The zero-order valence-corrected chi connectivity index (χ0v) is 23.9. The van der Waals surface area contributed by atoms with Crippen molar-refractivity contribution in [2.75, 3.05) is 26.8 Å². The maximum atomic E-state index is 14.3. The van der Waals surface area contributed by atoms with E-state index in [4.69, 9.17) is 19.3 Å². The van der Waals surface area contributed by atoms with E-state index in [0.717, 1.165) is 52.4 Å². The Morgan fingerprint density at radius 3 is 2.55 bits per heavy atom. The number of amides is 1. The number of hydrogen-bond donors (Lipinski definition) is 0. The molecule has 7 nitrogen and oxygen atoms in total. The van der Waals surface area contributed by atoms with Gasteiger partial charge in [-0.1, -0.05) is 12.1 Å². The molecule has 0 bridgehead atoms. The quantitative estimate of drug-likeness (QED) is 0.290. The third-order valence-electron chi connectivity index (χ3n) is 7.49. The number of carbonyl (C=O) groups is 1. The van der Waals surface area contributed by atoms with Crippen LogP contribution in [0, 0.1) is 5.82 Å². The number of methoxy groups -OCH3 is 1. The van der Waals surface area contributed by atoms with Gasteiger partial charge in [-0.3, -0.25) is 0 Å². The molecule has 5 rings (SSSR count). The average molecular weight is 622 g/mol. The van der Waals surface area contributed by atoms with Gasteiger partial charge in [-0.25, -0.2) is 22.6 Å². The normalized spacial score (nSPS) is 16.3. The summed E-state index contributed by atoms with van der Waals surface area (Å²) in [7, 11) is 1.56. The minimum atomic E-state index is -3.27. The molecule has 0 spiro atoms. The lowest BCUT2D eigenvalue weighted by molar-refractivity contribution is -0.131. The van der Waals surface area contributed by atoms with Crippen LogP contribution >= 0.6 is 15.9 Å². The molecule has 40 heavy (non-hydrogen) atoms. The number of aromatic nitrogens is 2. The number of hydrogen-bond acceptors (Lipinski definition) is 5. The van der Waals surface area contributed by atoms with Crippen LogP contribution < -0.4 is 4.74 Å². The van der Waals surface area contributed by atoms with Gasteiger partial charge in [0.25, 0.3) is 5.92 Å². The van der Waals surface area contributed by atoms with Gasteiger partial charge < -0.3 is 19.1 Å². The number of piperidine rings is 1. The van der Waals surface area contributed by atoms with Gasteiger partial charge in [0.1, 0.15) is 11.6 Å². The minimum absolute atomic E-state index is 0.0802. The summed E-state index contributed by atoms with van der Waals surface area (Å²) in [6, 6.07) is 11.8. The van der Waals surface area contributed by atoms with Gasteiger partial charge in [0.2, 0.25) is 0 Å². The minimum Gasteiger partial charge on any atom is -0.497 e. The third-order valence-corrected chi connectivity index (χ3v) is 8.35. The fourth-order valence-electron chi connectivity index (χ4n) is 5.16. The fourth-order valence-corrected chi connectivity index (χ4v) is 5.93. The summed E-state index contributed by atoms with van der Waals surface area (Å²) >= 11 is 3.72. The van der Waals surface area contributed by atoms with E-state index in [2.05, 4.69) is 15.9 Å². The Morgan fingerprint density at radius 1 is 1.15 bits per heavy atom. The number of halogens is 4. The molecule has 1 fully saturated rings. The number of benzene rings is 2. The van der Waals surface area contributed by atoms with Crippen molar-refractivity contribution in [2.45, 2.75) is 57.2 Å². The number of likely N-dealkylation sites (tertiary alicyclic amines) is 1. The first kappa shape index (κ1) is 28.5. The lowest BCUT2D eigenvalue weighted by Crippen LogP contribution is -2.45. The average Bonchev–Trinajstić information content (AvgIpc) is 3.28. The van der Waals surface area contributed by atoms with Gasteiger partial charge in [0, 0.05) is 25.9 Å². The summed E-state index contributed by atoms with van der Waals surface area (Å²) in [5.41, 5.74) is 4.51.